The van der Waals surface area contributed by atoms with Crippen molar-refractivity contribution in [1.29, 1.82) is 0 Å². The molecule has 0 aliphatic carbocycles. The maximum atomic E-state index is 12.7. The summed E-state index contributed by atoms with van der Waals surface area (Å²) in [7, 11) is -3.81. The quantitative estimate of drug-likeness (QED) is 0.758. The Bertz CT molecular complexity index is 946. The first-order valence-corrected chi connectivity index (χ1v) is 9.89. The molecule has 0 heterocycles. The van der Waals surface area contributed by atoms with Crippen molar-refractivity contribution in [2.24, 2.45) is 0 Å². The Balaban J connectivity index is 2.09. The topological polar surface area (TPSA) is 75.3 Å². The van der Waals surface area contributed by atoms with E-state index in [4.69, 9.17) is 0 Å². The van der Waals surface area contributed by atoms with Crippen molar-refractivity contribution in [1.82, 2.24) is 5.32 Å². The molecule has 0 aromatic heterocycles. The number of amides is 1. The van der Waals surface area contributed by atoms with Gasteiger partial charge in [0.15, 0.2) is 0 Å². The van der Waals surface area contributed by atoms with Gasteiger partial charge in [0.05, 0.1) is 11.3 Å². The molecule has 2 N–H and O–H groups in total. The van der Waals surface area contributed by atoms with Crippen LogP contribution in [0.4, 0.5) is 18.9 Å². The SMILES string of the molecule is Cc1cc(C)c(S(=O)(=O)Nc2ccc(CC(=O)NCC(F)(F)F)cc2)c(C)c1. The van der Waals surface area contributed by atoms with Crippen molar-refractivity contribution in [2.75, 3.05) is 11.3 Å². The first-order valence-electron chi connectivity index (χ1n) is 8.40. The molecule has 0 fully saturated rings. The Labute approximate surface area is 162 Å². The van der Waals surface area contributed by atoms with Gasteiger partial charge >= 0.3 is 6.18 Å². The minimum Gasteiger partial charge on any atom is -0.347 e. The summed E-state index contributed by atoms with van der Waals surface area (Å²) in [5, 5.41) is 1.79. The molecule has 2 aromatic carbocycles. The Kier molecular flexibility index (Phi) is 6.38. The van der Waals surface area contributed by atoms with E-state index in [-0.39, 0.29) is 11.3 Å². The number of alkyl halides is 3. The molecular formula is C19H21F3N2O3S. The van der Waals surface area contributed by atoms with Crippen LogP contribution in [0, 0.1) is 20.8 Å². The Hall–Kier alpha value is -2.55. The number of anilines is 1. The summed E-state index contributed by atoms with van der Waals surface area (Å²) in [5.41, 5.74) is 2.97. The maximum absolute atomic E-state index is 12.7. The number of carbonyl (C=O) groups excluding carboxylic acids is 1. The van der Waals surface area contributed by atoms with Crippen LogP contribution >= 0.6 is 0 Å². The van der Waals surface area contributed by atoms with Gasteiger partial charge in [-0.05, 0) is 49.6 Å². The van der Waals surface area contributed by atoms with Gasteiger partial charge in [-0.1, -0.05) is 29.8 Å². The van der Waals surface area contributed by atoms with Crippen LogP contribution in [-0.4, -0.2) is 27.0 Å². The summed E-state index contributed by atoms with van der Waals surface area (Å²) in [6.45, 7) is 3.93. The van der Waals surface area contributed by atoms with Gasteiger partial charge in [-0.2, -0.15) is 13.2 Å². The van der Waals surface area contributed by atoms with Gasteiger partial charge in [-0.3, -0.25) is 9.52 Å². The predicted molar refractivity (Wildman–Crippen MR) is 101 cm³/mol. The second-order valence-electron chi connectivity index (χ2n) is 6.60. The lowest BCUT2D eigenvalue weighted by Crippen LogP contribution is -2.34. The molecule has 0 aliphatic heterocycles. The summed E-state index contributed by atoms with van der Waals surface area (Å²) in [6, 6.07) is 9.46. The smallest absolute Gasteiger partial charge is 0.347 e. The molecule has 0 aliphatic rings. The molecule has 2 aromatic rings. The van der Waals surface area contributed by atoms with E-state index in [0.29, 0.717) is 22.4 Å². The van der Waals surface area contributed by atoms with Crippen LogP contribution in [0.5, 0.6) is 0 Å². The monoisotopic (exact) mass is 414 g/mol. The first kappa shape index (κ1) is 21.7. The minimum absolute atomic E-state index is 0.203. The van der Waals surface area contributed by atoms with E-state index in [1.807, 2.05) is 6.92 Å². The highest BCUT2D eigenvalue weighted by Crippen LogP contribution is 2.24. The van der Waals surface area contributed by atoms with Gasteiger partial charge in [0.1, 0.15) is 6.54 Å². The highest BCUT2D eigenvalue weighted by Gasteiger charge is 2.27. The zero-order valence-corrected chi connectivity index (χ0v) is 16.5. The van der Waals surface area contributed by atoms with Gasteiger partial charge in [0, 0.05) is 5.69 Å². The zero-order valence-electron chi connectivity index (χ0n) is 15.6. The molecule has 152 valence electrons. The summed E-state index contributed by atoms with van der Waals surface area (Å²) < 4.78 is 64.2. The summed E-state index contributed by atoms with van der Waals surface area (Å²) in [5.74, 6) is -0.767. The number of benzene rings is 2. The fraction of sp³-hybridized carbons (Fsp3) is 0.316. The average Bonchev–Trinajstić information content (AvgIpc) is 2.52. The van der Waals surface area contributed by atoms with Crippen molar-refractivity contribution in [2.45, 2.75) is 38.3 Å². The van der Waals surface area contributed by atoms with Crippen LogP contribution < -0.4 is 10.0 Å². The third-order valence-corrected chi connectivity index (χ3v) is 5.62. The molecule has 28 heavy (non-hydrogen) atoms. The fourth-order valence-electron chi connectivity index (χ4n) is 2.93. The van der Waals surface area contributed by atoms with Crippen LogP contribution in [-0.2, 0) is 21.2 Å². The highest BCUT2D eigenvalue weighted by atomic mass is 32.2. The van der Waals surface area contributed by atoms with Crippen molar-refractivity contribution < 1.29 is 26.4 Å². The van der Waals surface area contributed by atoms with Gasteiger partial charge in [0.25, 0.3) is 10.0 Å². The number of halogens is 3. The van der Waals surface area contributed by atoms with Gasteiger partial charge in [-0.25, -0.2) is 8.42 Å². The summed E-state index contributed by atoms with van der Waals surface area (Å²) in [6.07, 6.45) is -4.71. The molecule has 0 atom stereocenters. The lowest BCUT2D eigenvalue weighted by molar-refractivity contribution is -0.138. The summed E-state index contributed by atoms with van der Waals surface area (Å²) >= 11 is 0. The van der Waals surface area contributed by atoms with E-state index in [1.54, 1.807) is 31.3 Å². The molecule has 2 rings (SSSR count). The molecular weight excluding hydrogens is 393 g/mol. The van der Waals surface area contributed by atoms with Crippen LogP contribution in [0.25, 0.3) is 0 Å². The average molecular weight is 414 g/mol. The van der Waals surface area contributed by atoms with E-state index in [1.165, 1.54) is 24.3 Å². The van der Waals surface area contributed by atoms with E-state index in [9.17, 15) is 26.4 Å². The highest BCUT2D eigenvalue weighted by molar-refractivity contribution is 7.92. The number of rotatable bonds is 6. The lowest BCUT2D eigenvalue weighted by Gasteiger charge is -2.14. The Morgan fingerprint density at radius 2 is 1.54 bits per heavy atom. The van der Waals surface area contributed by atoms with E-state index >= 15 is 0 Å². The Morgan fingerprint density at radius 1 is 1.00 bits per heavy atom. The standard InChI is InChI=1S/C19H21F3N2O3S/c1-12-8-13(2)18(14(3)9-12)28(26,27)24-16-6-4-15(5-7-16)10-17(25)23-11-19(20,21)22/h4-9,24H,10-11H2,1-3H3,(H,23,25). The van der Waals surface area contributed by atoms with Crippen LogP contribution in [0.3, 0.4) is 0 Å². The second-order valence-corrected chi connectivity index (χ2v) is 8.22. The zero-order chi connectivity index (χ0) is 21.1. The molecule has 1 amide bonds. The maximum Gasteiger partial charge on any atom is 0.405 e. The lowest BCUT2D eigenvalue weighted by atomic mass is 10.1. The molecule has 5 nitrogen and oxygen atoms in total. The van der Waals surface area contributed by atoms with Crippen LogP contribution in [0.15, 0.2) is 41.3 Å². The number of sulfonamides is 1. The summed E-state index contributed by atoms with van der Waals surface area (Å²) in [4.78, 5) is 11.7. The largest absolute Gasteiger partial charge is 0.405 e. The van der Waals surface area contributed by atoms with Gasteiger partial charge in [-0.15, -0.1) is 0 Å². The molecule has 9 heteroatoms. The van der Waals surface area contributed by atoms with Crippen molar-refractivity contribution in [3.05, 3.63) is 58.7 Å². The molecule has 0 saturated carbocycles. The van der Waals surface area contributed by atoms with Crippen molar-refractivity contribution >= 4 is 21.6 Å². The van der Waals surface area contributed by atoms with Crippen molar-refractivity contribution in [3.8, 4) is 0 Å². The van der Waals surface area contributed by atoms with Crippen LogP contribution in [0.1, 0.15) is 22.3 Å². The Morgan fingerprint density at radius 3 is 2.04 bits per heavy atom. The number of hydrogen-bond donors (Lipinski definition) is 2. The molecule has 0 bridgehead atoms. The number of hydrogen-bond acceptors (Lipinski definition) is 3. The molecule has 0 unspecified atom stereocenters. The second kappa shape index (κ2) is 8.22. The van der Waals surface area contributed by atoms with E-state index in [2.05, 4.69) is 4.72 Å². The normalized spacial score (nSPS) is 11.9. The molecule has 0 radical (unpaired) electrons. The molecule has 0 saturated heterocycles. The van der Waals surface area contributed by atoms with E-state index in [0.717, 1.165) is 5.56 Å². The fourth-order valence-corrected chi connectivity index (χ4v) is 4.45. The van der Waals surface area contributed by atoms with Crippen molar-refractivity contribution in [3.63, 3.8) is 0 Å². The van der Waals surface area contributed by atoms with Gasteiger partial charge < -0.3 is 5.32 Å². The third-order valence-electron chi connectivity index (χ3n) is 3.93. The number of nitrogens with one attached hydrogen (secondary N) is 2. The number of carbonyl (C=O) groups is 1. The van der Waals surface area contributed by atoms with Crippen LogP contribution in [0.2, 0.25) is 0 Å². The predicted octanol–water partition coefficient (Wildman–Crippen LogP) is 3.63. The molecule has 0 spiro atoms. The minimum atomic E-state index is -4.47. The van der Waals surface area contributed by atoms with E-state index < -0.39 is 28.7 Å². The van der Waals surface area contributed by atoms with Gasteiger partial charge in [0.2, 0.25) is 5.91 Å². The third kappa shape index (κ3) is 5.98. The first-order chi connectivity index (χ1) is 12.9. The number of aryl methyl sites for hydroxylation is 3.